The molecule has 1 heterocycles. The van der Waals surface area contributed by atoms with Gasteiger partial charge in [-0.05, 0) is 29.3 Å². The van der Waals surface area contributed by atoms with Gasteiger partial charge in [-0.2, -0.15) is 0 Å². The van der Waals surface area contributed by atoms with Gasteiger partial charge in [0.25, 0.3) is 5.91 Å². The molecule has 106 valence electrons. The maximum Gasteiger partial charge on any atom is 0.253 e. The third-order valence-corrected chi connectivity index (χ3v) is 3.48. The second-order valence-electron chi connectivity index (χ2n) is 4.88. The largest absolute Gasteiger partial charge is 0.396 e. The fraction of sp³-hybridized carbons (Fsp3) is 0.176. The number of nitrogens with zero attached hydrogens (tertiary/aromatic N) is 1. The third-order valence-electron chi connectivity index (χ3n) is 3.48. The molecule has 0 radical (unpaired) electrons. The molecule has 4 nitrogen and oxygen atoms in total. The van der Waals surface area contributed by atoms with Crippen LogP contribution in [0, 0.1) is 0 Å². The molecule has 0 aliphatic rings. The van der Waals surface area contributed by atoms with Crippen molar-refractivity contribution in [3.63, 3.8) is 0 Å². The van der Waals surface area contributed by atoms with Crippen LogP contribution in [0.15, 0.2) is 48.7 Å². The van der Waals surface area contributed by atoms with Gasteiger partial charge < -0.3 is 10.4 Å². The van der Waals surface area contributed by atoms with Crippen LogP contribution in [0.4, 0.5) is 0 Å². The van der Waals surface area contributed by atoms with E-state index in [1.54, 1.807) is 6.20 Å². The van der Waals surface area contributed by atoms with Crippen molar-refractivity contribution in [3.8, 4) is 0 Å². The smallest absolute Gasteiger partial charge is 0.253 e. The predicted octanol–water partition coefficient (Wildman–Crippen LogP) is 2.50. The Kier molecular flexibility index (Phi) is 3.79. The molecule has 0 spiro atoms. The molecule has 4 heteroatoms. The topological polar surface area (TPSA) is 62.2 Å². The van der Waals surface area contributed by atoms with E-state index in [9.17, 15) is 4.79 Å². The van der Waals surface area contributed by atoms with Gasteiger partial charge in [0.15, 0.2) is 0 Å². The Balaban J connectivity index is 2.14. The number of pyridine rings is 1. The van der Waals surface area contributed by atoms with Crippen molar-refractivity contribution in [2.75, 3.05) is 13.2 Å². The van der Waals surface area contributed by atoms with Crippen LogP contribution < -0.4 is 5.32 Å². The summed E-state index contributed by atoms with van der Waals surface area (Å²) >= 11 is 0. The highest BCUT2D eigenvalue weighted by Gasteiger charge is 2.13. The van der Waals surface area contributed by atoms with Crippen molar-refractivity contribution in [1.82, 2.24) is 10.3 Å². The van der Waals surface area contributed by atoms with Crippen molar-refractivity contribution in [1.29, 1.82) is 0 Å². The molecule has 0 unspecified atom stereocenters. The lowest BCUT2D eigenvalue weighted by molar-refractivity contribution is 0.0953. The number of hydrogen-bond donors (Lipinski definition) is 2. The summed E-state index contributed by atoms with van der Waals surface area (Å²) in [5, 5.41) is 14.7. The van der Waals surface area contributed by atoms with Crippen LogP contribution in [0.2, 0.25) is 0 Å². The molecule has 0 saturated heterocycles. The molecule has 1 aromatic heterocycles. The summed E-state index contributed by atoms with van der Waals surface area (Å²) in [6.07, 6.45) is 2.24. The van der Waals surface area contributed by atoms with E-state index in [0.29, 0.717) is 24.0 Å². The van der Waals surface area contributed by atoms with Crippen LogP contribution >= 0.6 is 0 Å². The molecule has 0 bridgehead atoms. The van der Waals surface area contributed by atoms with Crippen molar-refractivity contribution in [2.24, 2.45) is 0 Å². The van der Waals surface area contributed by atoms with Gasteiger partial charge in [-0.25, -0.2) is 0 Å². The number of aliphatic hydroxyl groups is 1. The number of carbonyl (C=O) groups excluding carboxylic acids is 1. The standard InChI is InChI=1S/C17H16N2O2/c20-10-4-9-19-17(21)15-11-12-5-1-2-6-13(12)14-7-3-8-18-16(14)15/h1-3,5-8,11,20H,4,9-10H2,(H,19,21). The van der Waals surface area contributed by atoms with Crippen molar-refractivity contribution in [2.45, 2.75) is 6.42 Å². The summed E-state index contributed by atoms with van der Waals surface area (Å²) in [6.45, 7) is 0.521. The molecule has 0 aliphatic heterocycles. The molecular formula is C17H16N2O2. The Morgan fingerprint density at radius 2 is 1.95 bits per heavy atom. The highest BCUT2D eigenvalue weighted by atomic mass is 16.3. The first-order valence-electron chi connectivity index (χ1n) is 6.97. The lowest BCUT2D eigenvalue weighted by Gasteiger charge is -2.10. The number of rotatable bonds is 4. The average molecular weight is 280 g/mol. The van der Waals surface area contributed by atoms with Gasteiger partial charge in [-0.3, -0.25) is 9.78 Å². The second kappa shape index (κ2) is 5.89. The van der Waals surface area contributed by atoms with Crippen LogP contribution in [0.25, 0.3) is 21.7 Å². The van der Waals surface area contributed by atoms with Crippen molar-refractivity contribution in [3.05, 3.63) is 54.2 Å². The van der Waals surface area contributed by atoms with Gasteiger partial charge >= 0.3 is 0 Å². The van der Waals surface area contributed by atoms with Crippen LogP contribution in [0.3, 0.4) is 0 Å². The zero-order valence-electron chi connectivity index (χ0n) is 11.5. The van der Waals surface area contributed by atoms with Gasteiger partial charge in [0, 0.05) is 24.7 Å². The number of nitrogens with one attached hydrogen (secondary N) is 1. The molecule has 0 atom stereocenters. The molecule has 3 rings (SSSR count). The Hall–Kier alpha value is -2.46. The van der Waals surface area contributed by atoms with E-state index >= 15 is 0 Å². The number of hydrogen-bond acceptors (Lipinski definition) is 3. The number of benzene rings is 2. The van der Waals surface area contributed by atoms with E-state index in [-0.39, 0.29) is 12.5 Å². The maximum atomic E-state index is 12.3. The zero-order chi connectivity index (χ0) is 14.7. The minimum Gasteiger partial charge on any atom is -0.396 e. The third kappa shape index (κ3) is 2.58. The molecule has 21 heavy (non-hydrogen) atoms. The Morgan fingerprint density at radius 3 is 2.81 bits per heavy atom. The summed E-state index contributed by atoms with van der Waals surface area (Å²) in [5.41, 5.74) is 1.28. The van der Waals surface area contributed by atoms with Crippen LogP contribution in [-0.4, -0.2) is 29.1 Å². The van der Waals surface area contributed by atoms with E-state index in [4.69, 9.17) is 5.11 Å². The van der Waals surface area contributed by atoms with E-state index in [0.717, 1.165) is 16.2 Å². The van der Waals surface area contributed by atoms with Gasteiger partial charge in [-0.15, -0.1) is 0 Å². The first-order chi connectivity index (χ1) is 10.3. The van der Waals surface area contributed by atoms with Gasteiger partial charge in [0.1, 0.15) is 0 Å². The molecule has 3 aromatic rings. The SMILES string of the molecule is O=C(NCCCO)c1cc2ccccc2c2cccnc12. The minimum absolute atomic E-state index is 0.0665. The molecule has 0 fully saturated rings. The lowest BCUT2D eigenvalue weighted by Crippen LogP contribution is -2.25. The van der Waals surface area contributed by atoms with E-state index in [2.05, 4.69) is 10.3 Å². The zero-order valence-corrected chi connectivity index (χ0v) is 11.5. The minimum atomic E-state index is -0.155. The number of aromatic nitrogens is 1. The van der Waals surface area contributed by atoms with E-state index in [1.807, 2.05) is 42.5 Å². The number of aliphatic hydroxyl groups excluding tert-OH is 1. The quantitative estimate of drug-likeness (QED) is 0.570. The molecule has 1 amide bonds. The molecule has 0 aliphatic carbocycles. The molecular weight excluding hydrogens is 264 g/mol. The normalized spacial score (nSPS) is 10.9. The highest BCUT2D eigenvalue weighted by Crippen LogP contribution is 2.27. The Labute approximate surface area is 122 Å². The monoisotopic (exact) mass is 280 g/mol. The number of carbonyl (C=O) groups is 1. The molecule has 2 aromatic carbocycles. The highest BCUT2D eigenvalue weighted by molar-refractivity contribution is 6.15. The summed E-state index contributed by atoms with van der Waals surface area (Å²) < 4.78 is 0. The first kappa shape index (κ1) is 13.5. The van der Waals surface area contributed by atoms with Crippen LogP contribution in [-0.2, 0) is 0 Å². The summed E-state index contributed by atoms with van der Waals surface area (Å²) in [6, 6.07) is 13.7. The van der Waals surface area contributed by atoms with Gasteiger partial charge in [-0.1, -0.05) is 30.3 Å². The molecule has 0 saturated carbocycles. The fourth-order valence-electron chi connectivity index (χ4n) is 2.48. The van der Waals surface area contributed by atoms with Gasteiger partial charge in [0.2, 0.25) is 0 Å². The van der Waals surface area contributed by atoms with Gasteiger partial charge in [0.05, 0.1) is 11.1 Å². The predicted molar refractivity (Wildman–Crippen MR) is 83.3 cm³/mol. The van der Waals surface area contributed by atoms with Crippen molar-refractivity contribution >= 4 is 27.6 Å². The summed E-state index contributed by atoms with van der Waals surface area (Å²) in [5.74, 6) is -0.155. The molecule has 2 N–H and O–H groups in total. The van der Waals surface area contributed by atoms with Crippen molar-refractivity contribution < 1.29 is 9.90 Å². The average Bonchev–Trinajstić information content (AvgIpc) is 2.54. The van der Waals surface area contributed by atoms with Crippen LogP contribution in [0.1, 0.15) is 16.8 Å². The fourth-order valence-corrected chi connectivity index (χ4v) is 2.48. The van der Waals surface area contributed by atoms with E-state index in [1.165, 1.54) is 0 Å². The first-order valence-corrected chi connectivity index (χ1v) is 6.97. The second-order valence-corrected chi connectivity index (χ2v) is 4.88. The Bertz CT molecular complexity index is 799. The Morgan fingerprint density at radius 1 is 1.14 bits per heavy atom. The number of amides is 1. The van der Waals surface area contributed by atoms with E-state index < -0.39 is 0 Å². The summed E-state index contributed by atoms with van der Waals surface area (Å²) in [4.78, 5) is 16.7. The maximum absolute atomic E-state index is 12.3. The van der Waals surface area contributed by atoms with Crippen LogP contribution in [0.5, 0.6) is 0 Å². The summed E-state index contributed by atoms with van der Waals surface area (Å²) in [7, 11) is 0. The lowest BCUT2D eigenvalue weighted by atomic mass is 10.0. The number of fused-ring (bicyclic) bond motifs is 3.